The highest BCUT2D eigenvalue weighted by molar-refractivity contribution is 5.89. The number of urea groups is 1. The molecule has 0 saturated carbocycles. The zero-order chi connectivity index (χ0) is 12.0. The Morgan fingerprint density at radius 2 is 2.06 bits per heavy atom. The summed E-state index contributed by atoms with van der Waals surface area (Å²) in [5.41, 5.74) is 6.88. The van der Waals surface area contributed by atoms with Crippen LogP contribution in [0.4, 0.5) is 16.2 Å². The Kier molecular flexibility index (Phi) is 4.60. The van der Waals surface area contributed by atoms with E-state index >= 15 is 0 Å². The van der Waals surface area contributed by atoms with Gasteiger partial charge in [-0.1, -0.05) is 0 Å². The number of nitrogens with one attached hydrogen (secondary N) is 1. The van der Waals surface area contributed by atoms with E-state index in [2.05, 4.69) is 5.32 Å². The molecule has 1 rings (SSSR count). The maximum absolute atomic E-state index is 11.7. The Labute approximate surface area is 94.9 Å². The van der Waals surface area contributed by atoms with Gasteiger partial charge in [0.05, 0.1) is 6.61 Å². The Hall–Kier alpha value is -1.75. The van der Waals surface area contributed by atoms with Crippen LogP contribution in [-0.4, -0.2) is 35.7 Å². The number of nitrogens with two attached hydrogens (primary N) is 1. The lowest BCUT2D eigenvalue weighted by Crippen LogP contribution is -2.36. The van der Waals surface area contributed by atoms with E-state index in [4.69, 9.17) is 10.8 Å². The fourth-order valence-electron chi connectivity index (χ4n) is 1.29. The van der Waals surface area contributed by atoms with Crippen molar-refractivity contribution in [2.45, 2.75) is 6.92 Å². The molecule has 0 radical (unpaired) electrons. The van der Waals surface area contributed by atoms with Gasteiger partial charge in [0, 0.05) is 24.5 Å². The molecule has 0 aromatic heterocycles. The standard InChI is InChI=1S/C11H17N3O2/c1-2-14(7-8-15)11(16)13-10-5-3-9(12)4-6-10/h3-6,15H,2,7-8,12H2,1H3,(H,13,16). The molecule has 0 aliphatic heterocycles. The van der Waals surface area contributed by atoms with E-state index in [1.165, 1.54) is 4.90 Å². The summed E-state index contributed by atoms with van der Waals surface area (Å²) >= 11 is 0. The summed E-state index contributed by atoms with van der Waals surface area (Å²) in [6.45, 7) is 2.71. The molecular weight excluding hydrogens is 206 g/mol. The summed E-state index contributed by atoms with van der Waals surface area (Å²) in [5.74, 6) is 0. The maximum Gasteiger partial charge on any atom is 0.321 e. The highest BCUT2D eigenvalue weighted by Crippen LogP contribution is 2.11. The first-order valence-electron chi connectivity index (χ1n) is 5.19. The minimum Gasteiger partial charge on any atom is -0.399 e. The predicted molar refractivity (Wildman–Crippen MR) is 64.2 cm³/mol. The monoisotopic (exact) mass is 223 g/mol. The highest BCUT2D eigenvalue weighted by atomic mass is 16.3. The Bertz CT molecular complexity index is 338. The van der Waals surface area contributed by atoms with Crippen LogP contribution in [0.3, 0.4) is 0 Å². The molecule has 5 heteroatoms. The molecule has 1 aromatic rings. The van der Waals surface area contributed by atoms with E-state index in [1.54, 1.807) is 24.3 Å². The smallest absolute Gasteiger partial charge is 0.321 e. The average molecular weight is 223 g/mol. The molecule has 2 amide bonds. The fourth-order valence-corrected chi connectivity index (χ4v) is 1.29. The Morgan fingerprint density at radius 1 is 1.44 bits per heavy atom. The molecule has 88 valence electrons. The van der Waals surface area contributed by atoms with Crippen molar-refractivity contribution in [3.8, 4) is 0 Å². The van der Waals surface area contributed by atoms with E-state index in [0.717, 1.165) is 0 Å². The molecule has 0 aliphatic rings. The number of amides is 2. The molecule has 1 aromatic carbocycles. The third-order valence-corrected chi connectivity index (χ3v) is 2.20. The van der Waals surface area contributed by atoms with Gasteiger partial charge in [-0.05, 0) is 31.2 Å². The van der Waals surface area contributed by atoms with Gasteiger partial charge in [0.15, 0.2) is 0 Å². The van der Waals surface area contributed by atoms with Crippen LogP contribution in [0, 0.1) is 0 Å². The van der Waals surface area contributed by atoms with Crippen LogP contribution >= 0.6 is 0 Å². The SMILES string of the molecule is CCN(CCO)C(=O)Nc1ccc(N)cc1. The van der Waals surface area contributed by atoms with E-state index in [1.807, 2.05) is 6.92 Å². The van der Waals surface area contributed by atoms with Crippen molar-refractivity contribution in [2.75, 3.05) is 30.7 Å². The van der Waals surface area contributed by atoms with Crippen LogP contribution in [0.25, 0.3) is 0 Å². The molecule has 5 nitrogen and oxygen atoms in total. The van der Waals surface area contributed by atoms with Crippen LogP contribution in [0.1, 0.15) is 6.92 Å². The third kappa shape index (κ3) is 3.43. The van der Waals surface area contributed by atoms with E-state index in [-0.39, 0.29) is 12.6 Å². The molecule has 0 fully saturated rings. The number of anilines is 2. The first-order valence-corrected chi connectivity index (χ1v) is 5.19. The Morgan fingerprint density at radius 3 is 2.56 bits per heavy atom. The van der Waals surface area contributed by atoms with Crippen LogP contribution in [0.15, 0.2) is 24.3 Å². The number of rotatable bonds is 4. The summed E-state index contributed by atoms with van der Waals surface area (Å²) in [4.78, 5) is 13.2. The number of aliphatic hydroxyl groups excluding tert-OH is 1. The maximum atomic E-state index is 11.7. The van der Waals surface area contributed by atoms with Crippen LogP contribution in [-0.2, 0) is 0 Å². The van der Waals surface area contributed by atoms with Crippen LogP contribution in [0.2, 0.25) is 0 Å². The minimum absolute atomic E-state index is 0.0387. The molecule has 0 atom stereocenters. The minimum atomic E-state index is -0.221. The molecule has 0 saturated heterocycles. The van der Waals surface area contributed by atoms with E-state index in [9.17, 15) is 4.79 Å². The summed E-state index contributed by atoms with van der Waals surface area (Å²) in [7, 11) is 0. The third-order valence-electron chi connectivity index (χ3n) is 2.20. The first kappa shape index (κ1) is 12.3. The van der Waals surface area contributed by atoms with Gasteiger partial charge in [-0.25, -0.2) is 4.79 Å². The second-order valence-electron chi connectivity index (χ2n) is 3.36. The predicted octanol–water partition coefficient (Wildman–Crippen LogP) is 1.11. The lowest BCUT2D eigenvalue weighted by Gasteiger charge is -2.20. The van der Waals surface area contributed by atoms with Crippen LogP contribution < -0.4 is 11.1 Å². The van der Waals surface area contributed by atoms with Gasteiger partial charge >= 0.3 is 6.03 Å². The highest BCUT2D eigenvalue weighted by Gasteiger charge is 2.10. The molecular formula is C11H17N3O2. The summed E-state index contributed by atoms with van der Waals surface area (Å²) in [6, 6.07) is 6.69. The molecule has 0 spiro atoms. The lowest BCUT2D eigenvalue weighted by atomic mass is 10.3. The van der Waals surface area contributed by atoms with Gasteiger partial charge in [0.1, 0.15) is 0 Å². The van der Waals surface area contributed by atoms with Gasteiger partial charge in [0.25, 0.3) is 0 Å². The number of carbonyl (C=O) groups is 1. The van der Waals surface area contributed by atoms with Gasteiger partial charge in [0.2, 0.25) is 0 Å². The zero-order valence-corrected chi connectivity index (χ0v) is 9.31. The summed E-state index contributed by atoms with van der Waals surface area (Å²) in [6.07, 6.45) is 0. The zero-order valence-electron chi connectivity index (χ0n) is 9.31. The fraction of sp³-hybridized carbons (Fsp3) is 0.364. The van der Waals surface area contributed by atoms with Crippen molar-refractivity contribution < 1.29 is 9.90 Å². The second-order valence-corrected chi connectivity index (χ2v) is 3.36. The van der Waals surface area contributed by atoms with Gasteiger partial charge in [-0.2, -0.15) is 0 Å². The van der Waals surface area contributed by atoms with Crippen molar-refractivity contribution in [2.24, 2.45) is 0 Å². The van der Waals surface area contributed by atoms with Gasteiger partial charge in [-0.15, -0.1) is 0 Å². The molecule has 16 heavy (non-hydrogen) atoms. The van der Waals surface area contributed by atoms with E-state index < -0.39 is 0 Å². The Balaban J connectivity index is 2.59. The number of hydrogen-bond donors (Lipinski definition) is 3. The number of hydrogen-bond acceptors (Lipinski definition) is 3. The lowest BCUT2D eigenvalue weighted by molar-refractivity contribution is 0.192. The number of likely N-dealkylation sites (N-methyl/N-ethyl adjacent to an activating group) is 1. The molecule has 4 N–H and O–H groups in total. The van der Waals surface area contributed by atoms with Crippen molar-refractivity contribution in [3.63, 3.8) is 0 Å². The van der Waals surface area contributed by atoms with E-state index in [0.29, 0.717) is 24.5 Å². The topological polar surface area (TPSA) is 78.6 Å². The summed E-state index contributed by atoms with van der Waals surface area (Å²) < 4.78 is 0. The average Bonchev–Trinajstić information content (AvgIpc) is 2.29. The van der Waals surface area contributed by atoms with Gasteiger partial charge < -0.3 is 21.1 Å². The quantitative estimate of drug-likeness (QED) is 0.669. The van der Waals surface area contributed by atoms with Crippen LogP contribution in [0.5, 0.6) is 0 Å². The van der Waals surface area contributed by atoms with Crippen molar-refractivity contribution in [1.29, 1.82) is 0 Å². The first-order chi connectivity index (χ1) is 7.67. The number of nitrogens with zero attached hydrogens (tertiary/aromatic N) is 1. The van der Waals surface area contributed by atoms with Crippen molar-refractivity contribution in [3.05, 3.63) is 24.3 Å². The molecule has 0 bridgehead atoms. The van der Waals surface area contributed by atoms with Crippen molar-refractivity contribution >= 4 is 17.4 Å². The number of nitrogen functional groups attached to an aromatic ring is 1. The number of aliphatic hydroxyl groups is 1. The number of carbonyl (C=O) groups excluding carboxylic acids is 1. The number of benzene rings is 1. The van der Waals surface area contributed by atoms with Gasteiger partial charge in [-0.3, -0.25) is 0 Å². The largest absolute Gasteiger partial charge is 0.399 e. The molecule has 0 heterocycles. The molecule has 0 unspecified atom stereocenters. The van der Waals surface area contributed by atoms with Crippen molar-refractivity contribution in [1.82, 2.24) is 4.90 Å². The normalized spacial score (nSPS) is 9.88. The second kappa shape index (κ2) is 5.97. The summed E-state index contributed by atoms with van der Waals surface area (Å²) in [5, 5.41) is 11.5. The molecule has 0 aliphatic carbocycles.